The molecular weight excluding hydrogens is 232 g/mol. The monoisotopic (exact) mass is 242 g/mol. The van der Waals surface area contributed by atoms with Gasteiger partial charge in [-0.25, -0.2) is 0 Å². The molecule has 7 heteroatoms. The van der Waals surface area contributed by atoms with Crippen LogP contribution in [0.2, 0.25) is 0 Å². The topological polar surface area (TPSA) is 102 Å². The van der Waals surface area contributed by atoms with E-state index in [0.29, 0.717) is 23.3 Å². The van der Waals surface area contributed by atoms with Gasteiger partial charge in [0.25, 0.3) is 0 Å². The highest BCUT2D eigenvalue weighted by atomic mass is 16.1. The molecule has 3 aromatic rings. The van der Waals surface area contributed by atoms with Crippen LogP contribution in [0.3, 0.4) is 0 Å². The van der Waals surface area contributed by atoms with Crippen LogP contribution in [0.4, 0.5) is 0 Å². The first-order chi connectivity index (χ1) is 8.78. The first-order valence-corrected chi connectivity index (χ1v) is 5.37. The fraction of sp³-hybridized carbons (Fsp3) is 0.0909. The first kappa shape index (κ1) is 10.6. The minimum atomic E-state index is -0.0776. The van der Waals surface area contributed by atoms with Crippen molar-refractivity contribution < 1.29 is 0 Å². The lowest BCUT2D eigenvalue weighted by molar-refractivity contribution is 0.720. The summed E-state index contributed by atoms with van der Waals surface area (Å²) in [4.78, 5) is 16.4. The summed E-state index contributed by atoms with van der Waals surface area (Å²) in [5.41, 5.74) is 7.57. The van der Waals surface area contributed by atoms with Gasteiger partial charge in [-0.15, -0.1) is 15.0 Å². The molecular formula is C11H10N6O. The molecule has 0 saturated heterocycles. The second-order valence-corrected chi connectivity index (χ2v) is 3.82. The Morgan fingerprint density at radius 3 is 2.94 bits per heavy atom. The maximum atomic E-state index is 11.9. The van der Waals surface area contributed by atoms with Gasteiger partial charge in [0.05, 0.1) is 5.69 Å². The predicted molar refractivity (Wildman–Crippen MR) is 65.2 cm³/mol. The average molecular weight is 242 g/mol. The average Bonchev–Trinajstić information content (AvgIpc) is 2.92. The number of pyridine rings is 1. The molecule has 0 amide bonds. The number of nitrogens with two attached hydrogens (primary N) is 1. The van der Waals surface area contributed by atoms with Gasteiger partial charge in [0.15, 0.2) is 11.8 Å². The largest absolute Gasteiger partial charge is 0.357 e. The van der Waals surface area contributed by atoms with E-state index in [4.69, 9.17) is 5.73 Å². The number of tetrazole rings is 1. The number of fused-ring (bicyclic) bond motifs is 1. The zero-order chi connectivity index (χ0) is 12.5. The molecule has 90 valence electrons. The Hall–Kier alpha value is -2.54. The van der Waals surface area contributed by atoms with Crippen LogP contribution in [-0.2, 0) is 6.54 Å². The SMILES string of the molecule is NCc1cc(=O)c2cc(-n3ncnn3)ccc2[nH]1. The molecule has 0 unspecified atom stereocenters. The second-order valence-electron chi connectivity index (χ2n) is 3.82. The fourth-order valence-electron chi connectivity index (χ4n) is 1.81. The van der Waals surface area contributed by atoms with Gasteiger partial charge >= 0.3 is 0 Å². The smallest absolute Gasteiger partial charge is 0.189 e. The third-order valence-corrected chi connectivity index (χ3v) is 2.67. The van der Waals surface area contributed by atoms with E-state index in [9.17, 15) is 4.79 Å². The standard InChI is InChI=1S/C11H10N6O/c12-5-7-3-11(18)9-4-8(1-2-10(9)15-7)17-14-6-13-16-17/h1-4,6H,5,12H2,(H,15,18). The molecule has 0 radical (unpaired) electrons. The maximum Gasteiger partial charge on any atom is 0.189 e. The van der Waals surface area contributed by atoms with Gasteiger partial charge in [0.2, 0.25) is 0 Å². The molecule has 3 N–H and O–H groups in total. The van der Waals surface area contributed by atoms with Crippen molar-refractivity contribution in [2.45, 2.75) is 6.54 Å². The summed E-state index contributed by atoms with van der Waals surface area (Å²) >= 11 is 0. The van der Waals surface area contributed by atoms with E-state index in [1.165, 1.54) is 17.2 Å². The van der Waals surface area contributed by atoms with Crippen molar-refractivity contribution in [3.63, 3.8) is 0 Å². The number of rotatable bonds is 2. The summed E-state index contributed by atoms with van der Waals surface area (Å²) in [5, 5.41) is 11.9. The van der Waals surface area contributed by atoms with Crippen molar-refractivity contribution in [1.82, 2.24) is 25.2 Å². The van der Waals surface area contributed by atoms with Crippen LogP contribution in [-0.4, -0.2) is 25.2 Å². The Morgan fingerprint density at radius 2 is 2.22 bits per heavy atom. The Bertz CT molecular complexity index is 746. The van der Waals surface area contributed by atoms with Crippen LogP contribution in [0.1, 0.15) is 5.69 Å². The van der Waals surface area contributed by atoms with Crippen LogP contribution in [0, 0.1) is 0 Å². The molecule has 3 rings (SSSR count). The highest BCUT2D eigenvalue weighted by molar-refractivity contribution is 5.80. The van der Waals surface area contributed by atoms with Gasteiger partial charge in [-0.1, -0.05) is 0 Å². The minimum absolute atomic E-state index is 0.0776. The zero-order valence-electron chi connectivity index (χ0n) is 9.37. The lowest BCUT2D eigenvalue weighted by Crippen LogP contribution is -2.09. The van der Waals surface area contributed by atoms with Crippen LogP contribution in [0.25, 0.3) is 16.6 Å². The first-order valence-electron chi connectivity index (χ1n) is 5.37. The molecule has 7 nitrogen and oxygen atoms in total. The molecule has 0 aliphatic heterocycles. The summed E-state index contributed by atoms with van der Waals surface area (Å²) in [7, 11) is 0. The molecule has 0 saturated carbocycles. The number of benzene rings is 1. The van der Waals surface area contributed by atoms with E-state index >= 15 is 0 Å². The Balaban J connectivity index is 2.24. The van der Waals surface area contributed by atoms with Crippen LogP contribution in [0.5, 0.6) is 0 Å². The summed E-state index contributed by atoms with van der Waals surface area (Å²) in [6.07, 6.45) is 1.34. The molecule has 18 heavy (non-hydrogen) atoms. The van der Waals surface area contributed by atoms with Gasteiger partial charge in [0, 0.05) is 29.2 Å². The van der Waals surface area contributed by atoms with Gasteiger partial charge in [-0.3, -0.25) is 4.79 Å². The third-order valence-electron chi connectivity index (χ3n) is 2.67. The third kappa shape index (κ3) is 1.66. The molecule has 2 heterocycles. The summed E-state index contributed by atoms with van der Waals surface area (Å²) in [6, 6.07) is 6.83. The number of hydrogen-bond donors (Lipinski definition) is 2. The fourth-order valence-corrected chi connectivity index (χ4v) is 1.81. The van der Waals surface area contributed by atoms with Crippen LogP contribution < -0.4 is 11.2 Å². The molecule has 0 fully saturated rings. The maximum absolute atomic E-state index is 11.9. The highest BCUT2D eigenvalue weighted by Crippen LogP contribution is 2.13. The highest BCUT2D eigenvalue weighted by Gasteiger charge is 2.05. The lowest BCUT2D eigenvalue weighted by atomic mass is 10.1. The molecule has 0 aliphatic carbocycles. The minimum Gasteiger partial charge on any atom is -0.357 e. The van der Waals surface area contributed by atoms with Gasteiger partial charge in [0.1, 0.15) is 0 Å². The number of nitrogens with zero attached hydrogens (tertiary/aromatic N) is 4. The number of hydrogen-bond acceptors (Lipinski definition) is 5. The number of aromatic nitrogens is 5. The van der Waals surface area contributed by atoms with Crippen molar-refractivity contribution in [1.29, 1.82) is 0 Å². The van der Waals surface area contributed by atoms with Crippen molar-refractivity contribution in [2.24, 2.45) is 5.73 Å². The molecule has 0 atom stereocenters. The molecule has 0 aliphatic rings. The van der Waals surface area contributed by atoms with E-state index in [0.717, 1.165) is 5.52 Å². The van der Waals surface area contributed by atoms with Crippen molar-refractivity contribution in [2.75, 3.05) is 0 Å². The van der Waals surface area contributed by atoms with Crippen molar-refractivity contribution in [3.05, 3.63) is 46.5 Å². The van der Waals surface area contributed by atoms with E-state index < -0.39 is 0 Å². The normalized spacial score (nSPS) is 10.9. The number of aromatic amines is 1. The molecule has 1 aromatic carbocycles. The van der Waals surface area contributed by atoms with E-state index in [2.05, 4.69) is 20.4 Å². The van der Waals surface area contributed by atoms with Crippen LogP contribution >= 0.6 is 0 Å². The van der Waals surface area contributed by atoms with Crippen molar-refractivity contribution >= 4 is 10.9 Å². The van der Waals surface area contributed by atoms with Gasteiger partial charge in [-0.05, 0) is 23.4 Å². The summed E-state index contributed by atoms with van der Waals surface area (Å²) in [5.74, 6) is 0. The number of H-pyrrole nitrogens is 1. The summed E-state index contributed by atoms with van der Waals surface area (Å²) < 4.78 is 0. The van der Waals surface area contributed by atoms with E-state index in [1.54, 1.807) is 18.2 Å². The van der Waals surface area contributed by atoms with Crippen molar-refractivity contribution in [3.8, 4) is 5.69 Å². The van der Waals surface area contributed by atoms with Gasteiger partial charge in [-0.2, -0.15) is 0 Å². The summed E-state index contributed by atoms with van der Waals surface area (Å²) in [6.45, 7) is 0.303. The van der Waals surface area contributed by atoms with Crippen LogP contribution in [0.15, 0.2) is 35.4 Å². The Morgan fingerprint density at radius 1 is 1.33 bits per heavy atom. The van der Waals surface area contributed by atoms with Gasteiger partial charge < -0.3 is 10.7 Å². The Kier molecular flexibility index (Phi) is 2.38. The Labute approximate surface area is 101 Å². The quantitative estimate of drug-likeness (QED) is 0.656. The van der Waals surface area contributed by atoms with E-state index in [1.807, 2.05) is 0 Å². The second kappa shape index (κ2) is 4.04. The zero-order valence-corrected chi connectivity index (χ0v) is 9.37. The van der Waals surface area contributed by atoms with E-state index in [-0.39, 0.29) is 5.43 Å². The predicted octanol–water partition coefficient (Wildman–Crippen LogP) is -0.0375. The number of nitrogens with one attached hydrogen (secondary N) is 1. The molecule has 2 aromatic heterocycles. The lowest BCUT2D eigenvalue weighted by Gasteiger charge is -2.04. The molecule has 0 bridgehead atoms. The molecule has 0 spiro atoms.